The minimum absolute atomic E-state index is 0.299. The van der Waals surface area contributed by atoms with Crippen LogP contribution >= 0.6 is 0 Å². The Bertz CT molecular complexity index is 408. The van der Waals surface area contributed by atoms with Crippen LogP contribution in [0.5, 0.6) is 0 Å². The molecule has 0 radical (unpaired) electrons. The number of hydrogen-bond donors (Lipinski definition) is 1. The third-order valence-electron chi connectivity index (χ3n) is 3.43. The lowest BCUT2D eigenvalue weighted by atomic mass is 9.86. The van der Waals surface area contributed by atoms with Gasteiger partial charge in [0.05, 0.1) is 5.56 Å². The molecule has 1 saturated carbocycles. The van der Waals surface area contributed by atoms with Crippen LogP contribution in [0.15, 0.2) is 24.3 Å². The Balaban J connectivity index is 2.09. The van der Waals surface area contributed by atoms with E-state index in [1.54, 1.807) is 18.2 Å². The highest BCUT2D eigenvalue weighted by molar-refractivity contribution is 5.95. The Labute approximate surface area is 102 Å². The second-order valence-electron chi connectivity index (χ2n) is 4.99. The average molecular weight is 233 g/mol. The molecule has 0 spiro atoms. The van der Waals surface area contributed by atoms with Crippen LogP contribution in [-0.4, -0.2) is 11.6 Å². The fourth-order valence-electron chi connectivity index (χ4n) is 2.36. The Hall–Kier alpha value is -1.51. The number of hydrogen-bond acceptors (Lipinski definition) is 3. The van der Waals surface area contributed by atoms with E-state index in [0.29, 0.717) is 11.3 Å². The molecule has 0 unspecified atom stereocenters. The number of ether oxygens (including phenoxy) is 1. The number of anilines is 1. The minimum atomic E-state index is -0.308. The zero-order chi connectivity index (χ0) is 12.3. The fraction of sp³-hybridized carbons (Fsp3) is 0.500. The summed E-state index contributed by atoms with van der Waals surface area (Å²) in [6.07, 6.45) is 5.40. The van der Waals surface area contributed by atoms with Crippen molar-refractivity contribution in [3.63, 3.8) is 0 Å². The highest BCUT2D eigenvalue weighted by Gasteiger charge is 2.31. The molecule has 92 valence electrons. The molecule has 1 aliphatic carbocycles. The van der Waals surface area contributed by atoms with Crippen LogP contribution in [0.4, 0.5) is 5.69 Å². The van der Waals surface area contributed by atoms with Crippen molar-refractivity contribution in [1.82, 2.24) is 0 Å². The largest absolute Gasteiger partial charge is 0.456 e. The molecule has 0 aromatic heterocycles. The summed E-state index contributed by atoms with van der Waals surface area (Å²) < 4.78 is 5.63. The molecule has 1 fully saturated rings. The van der Waals surface area contributed by atoms with Gasteiger partial charge in [0.25, 0.3) is 0 Å². The lowest BCUT2D eigenvalue weighted by molar-refractivity contribution is -0.0268. The number of nitrogen functional groups attached to an aromatic ring is 1. The molecule has 3 nitrogen and oxygen atoms in total. The van der Waals surface area contributed by atoms with Gasteiger partial charge in [-0.3, -0.25) is 0 Å². The van der Waals surface area contributed by atoms with Crippen molar-refractivity contribution in [3.05, 3.63) is 29.8 Å². The smallest absolute Gasteiger partial charge is 0.340 e. The van der Waals surface area contributed by atoms with E-state index in [0.717, 1.165) is 25.7 Å². The second kappa shape index (κ2) is 4.78. The van der Waals surface area contributed by atoms with Gasteiger partial charge in [0.2, 0.25) is 0 Å². The van der Waals surface area contributed by atoms with Crippen molar-refractivity contribution in [1.29, 1.82) is 0 Å². The van der Waals surface area contributed by atoms with Crippen LogP contribution < -0.4 is 5.73 Å². The van der Waals surface area contributed by atoms with Crippen LogP contribution in [-0.2, 0) is 4.74 Å². The summed E-state index contributed by atoms with van der Waals surface area (Å²) >= 11 is 0. The molecule has 1 aliphatic rings. The van der Waals surface area contributed by atoms with Gasteiger partial charge in [0.15, 0.2) is 0 Å². The summed E-state index contributed by atoms with van der Waals surface area (Å²) in [7, 11) is 0. The molecule has 0 aliphatic heterocycles. The fourth-order valence-corrected chi connectivity index (χ4v) is 2.36. The summed E-state index contributed by atoms with van der Waals surface area (Å²) in [5.41, 5.74) is 6.42. The zero-order valence-corrected chi connectivity index (χ0v) is 10.2. The predicted molar refractivity (Wildman–Crippen MR) is 67.8 cm³/mol. The lowest BCUT2D eigenvalue weighted by Crippen LogP contribution is -2.34. The molecule has 3 heteroatoms. The van der Waals surface area contributed by atoms with Crippen molar-refractivity contribution in [2.24, 2.45) is 0 Å². The topological polar surface area (TPSA) is 52.3 Å². The third-order valence-corrected chi connectivity index (χ3v) is 3.43. The molecule has 2 N–H and O–H groups in total. The number of rotatable bonds is 2. The zero-order valence-electron chi connectivity index (χ0n) is 10.2. The molecule has 1 aromatic carbocycles. The van der Waals surface area contributed by atoms with Crippen molar-refractivity contribution in [2.75, 3.05) is 5.73 Å². The lowest BCUT2D eigenvalue weighted by Gasteiger charge is -2.33. The molecular weight excluding hydrogens is 214 g/mol. The molecule has 0 amide bonds. The van der Waals surface area contributed by atoms with E-state index in [-0.39, 0.29) is 11.6 Å². The maximum absolute atomic E-state index is 12.0. The predicted octanol–water partition coefficient (Wildman–Crippen LogP) is 3.15. The molecule has 0 saturated heterocycles. The van der Waals surface area contributed by atoms with Gasteiger partial charge in [0.1, 0.15) is 5.60 Å². The van der Waals surface area contributed by atoms with E-state index in [4.69, 9.17) is 10.5 Å². The summed E-state index contributed by atoms with van der Waals surface area (Å²) in [6, 6.07) is 7.05. The number of nitrogens with two attached hydrogens (primary N) is 1. The van der Waals surface area contributed by atoms with Gasteiger partial charge < -0.3 is 10.5 Å². The molecule has 0 atom stereocenters. The number of benzene rings is 1. The van der Waals surface area contributed by atoms with Crippen molar-refractivity contribution < 1.29 is 9.53 Å². The van der Waals surface area contributed by atoms with Crippen LogP contribution in [0.1, 0.15) is 49.4 Å². The number of carbonyl (C=O) groups excluding carboxylic acids is 1. The molecule has 1 aromatic rings. The van der Waals surface area contributed by atoms with Crippen LogP contribution in [0.25, 0.3) is 0 Å². The maximum Gasteiger partial charge on any atom is 0.340 e. The first-order valence-electron chi connectivity index (χ1n) is 6.19. The highest BCUT2D eigenvalue weighted by atomic mass is 16.6. The van der Waals surface area contributed by atoms with E-state index >= 15 is 0 Å². The van der Waals surface area contributed by atoms with Gasteiger partial charge >= 0.3 is 5.97 Å². The van der Waals surface area contributed by atoms with Crippen molar-refractivity contribution in [3.8, 4) is 0 Å². The second-order valence-corrected chi connectivity index (χ2v) is 4.99. The van der Waals surface area contributed by atoms with Crippen molar-refractivity contribution >= 4 is 11.7 Å². The minimum Gasteiger partial charge on any atom is -0.456 e. The number of esters is 1. The summed E-state index contributed by atoms with van der Waals surface area (Å²) in [6.45, 7) is 2.02. The number of para-hydroxylation sites is 1. The first-order valence-corrected chi connectivity index (χ1v) is 6.19. The standard InChI is InChI=1S/C14H19NO2/c1-14(9-5-2-6-10-14)17-13(16)11-7-3-4-8-12(11)15/h3-4,7-8H,2,5-6,9-10,15H2,1H3. The summed E-state index contributed by atoms with van der Waals surface area (Å²) in [5.74, 6) is -0.299. The average Bonchev–Trinajstić information content (AvgIpc) is 2.29. The van der Waals surface area contributed by atoms with Crippen LogP contribution in [0.2, 0.25) is 0 Å². The summed E-state index contributed by atoms with van der Waals surface area (Å²) in [4.78, 5) is 12.0. The van der Waals surface area contributed by atoms with E-state index in [2.05, 4.69) is 0 Å². The molecule has 2 rings (SSSR count). The Morgan fingerprint density at radius 3 is 2.53 bits per heavy atom. The molecule has 17 heavy (non-hydrogen) atoms. The normalized spacial score (nSPS) is 18.6. The van der Waals surface area contributed by atoms with Gasteiger partial charge in [-0.25, -0.2) is 4.79 Å². The Morgan fingerprint density at radius 2 is 1.88 bits per heavy atom. The number of carbonyl (C=O) groups is 1. The van der Waals surface area contributed by atoms with Gasteiger partial charge in [-0.15, -0.1) is 0 Å². The van der Waals surface area contributed by atoms with E-state index in [1.807, 2.05) is 13.0 Å². The molecular formula is C14H19NO2. The van der Waals surface area contributed by atoms with E-state index in [1.165, 1.54) is 6.42 Å². The monoisotopic (exact) mass is 233 g/mol. The van der Waals surface area contributed by atoms with Crippen LogP contribution in [0, 0.1) is 0 Å². The van der Waals surface area contributed by atoms with Gasteiger partial charge in [0, 0.05) is 5.69 Å². The molecule has 0 heterocycles. The van der Waals surface area contributed by atoms with Gasteiger partial charge in [-0.2, -0.15) is 0 Å². The summed E-state index contributed by atoms with van der Waals surface area (Å²) in [5, 5.41) is 0. The maximum atomic E-state index is 12.0. The SMILES string of the molecule is CC1(OC(=O)c2ccccc2N)CCCCC1. The first kappa shape index (κ1) is 12.0. The Kier molecular flexibility index (Phi) is 3.36. The van der Waals surface area contributed by atoms with E-state index in [9.17, 15) is 4.79 Å². The molecule has 0 bridgehead atoms. The third kappa shape index (κ3) is 2.78. The van der Waals surface area contributed by atoms with E-state index < -0.39 is 0 Å². The van der Waals surface area contributed by atoms with Gasteiger partial charge in [-0.1, -0.05) is 18.6 Å². The van der Waals surface area contributed by atoms with Crippen LogP contribution in [0.3, 0.4) is 0 Å². The highest BCUT2D eigenvalue weighted by Crippen LogP contribution is 2.32. The Morgan fingerprint density at radius 1 is 1.24 bits per heavy atom. The van der Waals surface area contributed by atoms with Gasteiger partial charge in [-0.05, 0) is 44.7 Å². The first-order chi connectivity index (χ1) is 8.11. The quantitative estimate of drug-likeness (QED) is 0.630. The van der Waals surface area contributed by atoms with Crippen molar-refractivity contribution in [2.45, 2.75) is 44.6 Å².